The molecule has 2 atom stereocenters. The van der Waals surface area contributed by atoms with E-state index in [1.807, 2.05) is 0 Å². The van der Waals surface area contributed by atoms with Gasteiger partial charge in [-0.15, -0.1) is 0 Å². The predicted molar refractivity (Wildman–Crippen MR) is 103 cm³/mol. The van der Waals surface area contributed by atoms with Gasteiger partial charge in [0.05, 0.1) is 25.7 Å². The zero-order valence-corrected chi connectivity index (χ0v) is 16.3. The Kier molecular flexibility index (Phi) is 3.42. The fraction of sp³-hybridized carbons (Fsp3) is 0.696. The number of methoxy groups -OCH3 is 1. The number of fused-ring (bicyclic) bond motifs is 1. The Balaban J connectivity index is 1.48. The molecular weight excluding hydrogens is 338 g/mol. The van der Waals surface area contributed by atoms with Gasteiger partial charge in [0.25, 0.3) is 0 Å². The van der Waals surface area contributed by atoms with E-state index in [4.69, 9.17) is 14.2 Å². The summed E-state index contributed by atoms with van der Waals surface area (Å²) in [5.41, 5.74) is 3.36. The van der Waals surface area contributed by atoms with E-state index in [-0.39, 0.29) is 16.6 Å². The molecule has 5 aliphatic rings. The monoisotopic (exact) mass is 368 g/mol. The summed E-state index contributed by atoms with van der Waals surface area (Å²) < 4.78 is 20.7. The maximum Gasteiger partial charge on any atom is 0.169 e. The Morgan fingerprint density at radius 2 is 2.00 bits per heavy atom. The molecule has 0 bridgehead atoms. The quantitative estimate of drug-likeness (QED) is 0.767. The molecule has 0 radical (unpaired) electrons. The highest BCUT2D eigenvalue weighted by Gasteiger charge is 2.67. The molecule has 0 aromatic heterocycles. The number of benzene rings is 1. The molecule has 27 heavy (non-hydrogen) atoms. The summed E-state index contributed by atoms with van der Waals surface area (Å²) in [6.07, 6.45) is 11.0. The highest BCUT2D eigenvalue weighted by molar-refractivity contribution is 5.76. The van der Waals surface area contributed by atoms with Crippen molar-refractivity contribution in [2.24, 2.45) is 11.3 Å². The Morgan fingerprint density at radius 3 is 2.78 bits per heavy atom. The van der Waals surface area contributed by atoms with E-state index in [1.54, 1.807) is 7.11 Å². The van der Waals surface area contributed by atoms with Crippen molar-refractivity contribution in [2.45, 2.75) is 56.1 Å². The first kappa shape index (κ1) is 16.6. The van der Waals surface area contributed by atoms with Gasteiger partial charge < -0.3 is 14.2 Å². The van der Waals surface area contributed by atoms with Gasteiger partial charge in [0.1, 0.15) is 18.8 Å². The van der Waals surface area contributed by atoms with Gasteiger partial charge in [-0.25, -0.2) is 4.58 Å². The van der Waals surface area contributed by atoms with E-state index >= 15 is 0 Å². The Labute approximate surface area is 161 Å². The van der Waals surface area contributed by atoms with Crippen molar-refractivity contribution in [3.05, 3.63) is 29.3 Å². The first-order valence-corrected chi connectivity index (χ1v) is 10.7. The smallest absolute Gasteiger partial charge is 0.169 e. The second kappa shape index (κ2) is 5.57. The normalized spacial score (nSPS) is 36.1. The van der Waals surface area contributed by atoms with Crippen LogP contribution in [0.3, 0.4) is 0 Å². The summed E-state index contributed by atoms with van der Waals surface area (Å²) in [4.78, 5) is 0. The molecule has 1 aromatic rings. The van der Waals surface area contributed by atoms with E-state index in [0.717, 1.165) is 50.6 Å². The Hall–Kier alpha value is -1.39. The highest BCUT2D eigenvalue weighted by Crippen LogP contribution is 2.64. The van der Waals surface area contributed by atoms with Crippen molar-refractivity contribution in [2.75, 3.05) is 33.4 Å². The van der Waals surface area contributed by atoms with Gasteiger partial charge in [-0.2, -0.15) is 0 Å². The fourth-order valence-electron chi connectivity index (χ4n) is 6.60. The van der Waals surface area contributed by atoms with E-state index < -0.39 is 0 Å². The predicted octanol–water partition coefficient (Wildman–Crippen LogP) is 3.30. The van der Waals surface area contributed by atoms with Gasteiger partial charge in [-0.3, -0.25) is 0 Å². The minimum Gasteiger partial charge on any atom is -0.497 e. The van der Waals surface area contributed by atoms with Gasteiger partial charge in [-0.1, -0.05) is 6.07 Å². The molecule has 3 aliphatic carbocycles. The first-order valence-electron chi connectivity index (χ1n) is 10.7. The third-order valence-corrected chi connectivity index (χ3v) is 8.06. The molecule has 6 rings (SSSR count). The van der Waals surface area contributed by atoms with Crippen molar-refractivity contribution in [1.82, 2.24) is 0 Å². The van der Waals surface area contributed by atoms with Gasteiger partial charge in [0.2, 0.25) is 0 Å². The summed E-state index contributed by atoms with van der Waals surface area (Å²) in [6.45, 7) is 3.93. The van der Waals surface area contributed by atoms with Crippen LogP contribution in [-0.2, 0) is 21.3 Å². The zero-order chi connectivity index (χ0) is 18.1. The van der Waals surface area contributed by atoms with Gasteiger partial charge in [0.15, 0.2) is 12.0 Å². The van der Waals surface area contributed by atoms with Crippen LogP contribution in [0.1, 0.15) is 49.7 Å². The van der Waals surface area contributed by atoms with Crippen LogP contribution in [0.15, 0.2) is 18.2 Å². The van der Waals surface area contributed by atoms with Gasteiger partial charge >= 0.3 is 0 Å². The van der Waals surface area contributed by atoms with Crippen LogP contribution in [0.5, 0.6) is 5.75 Å². The van der Waals surface area contributed by atoms with Crippen LogP contribution in [0.2, 0.25) is 0 Å². The van der Waals surface area contributed by atoms with Gasteiger partial charge in [-0.05, 0) is 48.9 Å². The lowest BCUT2D eigenvalue weighted by Crippen LogP contribution is -2.59. The molecule has 144 valence electrons. The lowest BCUT2D eigenvalue weighted by atomic mass is 9.53. The first-order chi connectivity index (χ1) is 13.2. The van der Waals surface area contributed by atoms with Crippen molar-refractivity contribution < 1.29 is 18.8 Å². The molecule has 2 aliphatic heterocycles. The van der Waals surface area contributed by atoms with E-state index in [1.165, 1.54) is 43.5 Å². The lowest BCUT2D eigenvalue weighted by molar-refractivity contribution is -0.540. The van der Waals surface area contributed by atoms with Crippen LogP contribution < -0.4 is 4.74 Å². The summed E-state index contributed by atoms with van der Waals surface area (Å²) in [5, 5.41) is 0. The zero-order valence-electron chi connectivity index (χ0n) is 16.3. The second-order valence-corrected chi connectivity index (χ2v) is 9.55. The molecule has 1 saturated heterocycles. The molecule has 0 N–H and O–H groups in total. The standard InChI is InChI=1S/C23H30NO3/c1-25-19-5-4-18-13-21-8-9-24(14-17-2-3-17)16-22(21,20(18)12-19)6-7-23(15-21)26-10-11-27-23/h4-5,12,16-17H,2-3,6-11,13-15H2,1H3/q+1/t21?,22-/m0/s1. The molecular formula is C23H30NO3+. The molecule has 2 heterocycles. The van der Waals surface area contributed by atoms with Crippen LogP contribution >= 0.6 is 0 Å². The highest BCUT2D eigenvalue weighted by atomic mass is 16.7. The van der Waals surface area contributed by atoms with Crippen molar-refractivity contribution in [3.8, 4) is 5.75 Å². The largest absolute Gasteiger partial charge is 0.497 e. The Morgan fingerprint density at radius 1 is 1.15 bits per heavy atom. The molecule has 2 saturated carbocycles. The average molecular weight is 368 g/mol. The molecule has 1 spiro atoms. The minimum atomic E-state index is -0.331. The third-order valence-electron chi connectivity index (χ3n) is 8.06. The van der Waals surface area contributed by atoms with E-state index in [0.29, 0.717) is 0 Å². The van der Waals surface area contributed by atoms with Crippen LogP contribution in [0, 0.1) is 11.3 Å². The molecule has 1 unspecified atom stereocenters. The topological polar surface area (TPSA) is 30.7 Å². The maximum atomic E-state index is 6.20. The van der Waals surface area contributed by atoms with Crippen molar-refractivity contribution >= 4 is 6.21 Å². The van der Waals surface area contributed by atoms with E-state index in [9.17, 15) is 0 Å². The molecule has 1 aromatic carbocycles. The SMILES string of the molecule is COc1ccc2c(c1)[C@]13C=[N+](CC4CC4)CCC1(C2)CC1(CC3)OCCO1. The van der Waals surface area contributed by atoms with Crippen molar-refractivity contribution in [1.29, 1.82) is 0 Å². The number of nitrogens with zero attached hydrogens (tertiary/aromatic N) is 1. The van der Waals surface area contributed by atoms with Crippen molar-refractivity contribution in [3.63, 3.8) is 0 Å². The molecule has 4 nitrogen and oxygen atoms in total. The summed E-state index contributed by atoms with van der Waals surface area (Å²) >= 11 is 0. The number of hydrogen-bond acceptors (Lipinski definition) is 3. The second-order valence-electron chi connectivity index (χ2n) is 9.55. The minimum absolute atomic E-state index is 0.116. The van der Waals surface area contributed by atoms with Crippen LogP contribution in [0.4, 0.5) is 0 Å². The van der Waals surface area contributed by atoms with Gasteiger partial charge in [0, 0.05) is 30.6 Å². The molecule has 0 amide bonds. The maximum absolute atomic E-state index is 6.20. The average Bonchev–Trinajstić information content (AvgIpc) is 3.31. The van der Waals surface area contributed by atoms with Crippen LogP contribution in [0.25, 0.3) is 0 Å². The summed E-state index contributed by atoms with van der Waals surface area (Å²) in [5.74, 6) is 1.58. The van der Waals surface area contributed by atoms with Crippen LogP contribution in [-0.4, -0.2) is 50.0 Å². The number of rotatable bonds is 3. The molecule has 4 heteroatoms. The Bertz CT molecular complexity index is 808. The summed E-state index contributed by atoms with van der Waals surface area (Å²) in [7, 11) is 1.78. The summed E-state index contributed by atoms with van der Waals surface area (Å²) in [6, 6.07) is 6.77. The lowest BCUT2D eigenvalue weighted by Gasteiger charge is -2.53. The number of ether oxygens (including phenoxy) is 3. The molecule has 3 fully saturated rings. The number of hydrogen-bond donors (Lipinski definition) is 0. The van der Waals surface area contributed by atoms with E-state index in [2.05, 4.69) is 29.0 Å². The fourth-order valence-corrected chi connectivity index (χ4v) is 6.60. The third kappa shape index (κ3) is 2.32.